The fraction of sp³-hybridized carbons (Fsp3) is 0.375. The summed E-state index contributed by atoms with van der Waals surface area (Å²) < 4.78 is 7.02. The van der Waals surface area contributed by atoms with Crippen molar-refractivity contribution < 1.29 is 9.21 Å². The van der Waals surface area contributed by atoms with Crippen molar-refractivity contribution in [2.75, 3.05) is 6.54 Å². The highest BCUT2D eigenvalue weighted by Crippen LogP contribution is 2.09. The Labute approximate surface area is 123 Å². The van der Waals surface area contributed by atoms with Crippen LogP contribution in [0.2, 0.25) is 0 Å². The molecule has 5 nitrogen and oxygen atoms in total. The third-order valence-electron chi connectivity index (χ3n) is 3.12. The third-order valence-corrected chi connectivity index (χ3v) is 3.12. The number of nitrogens with one attached hydrogen (secondary N) is 1. The van der Waals surface area contributed by atoms with E-state index < -0.39 is 0 Å². The van der Waals surface area contributed by atoms with Crippen LogP contribution in [0.4, 0.5) is 0 Å². The molecule has 0 aromatic carbocycles. The van der Waals surface area contributed by atoms with E-state index in [9.17, 15) is 9.59 Å². The molecule has 2 aromatic rings. The van der Waals surface area contributed by atoms with Crippen molar-refractivity contribution in [3.8, 4) is 0 Å². The van der Waals surface area contributed by atoms with Gasteiger partial charge in [-0.05, 0) is 30.5 Å². The Balaban J connectivity index is 1.97. The quantitative estimate of drug-likeness (QED) is 0.886. The summed E-state index contributed by atoms with van der Waals surface area (Å²) in [6.45, 7) is 5.16. The summed E-state index contributed by atoms with van der Waals surface area (Å²) in [4.78, 5) is 23.5. The van der Waals surface area contributed by atoms with E-state index in [4.69, 9.17) is 4.42 Å². The van der Waals surface area contributed by atoms with Gasteiger partial charge in [0, 0.05) is 18.8 Å². The summed E-state index contributed by atoms with van der Waals surface area (Å²) >= 11 is 0. The Kier molecular flexibility index (Phi) is 4.98. The number of hydrogen-bond acceptors (Lipinski definition) is 3. The lowest BCUT2D eigenvalue weighted by molar-refractivity contribution is 0.0922. The molecule has 112 valence electrons. The van der Waals surface area contributed by atoms with Gasteiger partial charge in [-0.1, -0.05) is 19.9 Å². The number of aromatic nitrogens is 1. The molecule has 2 heterocycles. The fourth-order valence-electron chi connectivity index (χ4n) is 1.91. The first-order valence-electron chi connectivity index (χ1n) is 7.08. The Bertz CT molecular complexity index is 655. The van der Waals surface area contributed by atoms with Gasteiger partial charge >= 0.3 is 0 Å². The molecular weight excluding hydrogens is 268 g/mol. The van der Waals surface area contributed by atoms with Gasteiger partial charge in [-0.25, -0.2) is 0 Å². The molecule has 0 saturated heterocycles. The van der Waals surface area contributed by atoms with Crippen LogP contribution in [0.5, 0.6) is 0 Å². The second-order valence-corrected chi connectivity index (χ2v) is 5.37. The van der Waals surface area contributed by atoms with Crippen molar-refractivity contribution in [3.63, 3.8) is 0 Å². The van der Waals surface area contributed by atoms with Crippen LogP contribution in [-0.2, 0) is 6.54 Å². The first-order chi connectivity index (χ1) is 10.1. The molecule has 0 fully saturated rings. The topological polar surface area (TPSA) is 64.2 Å². The highest BCUT2D eigenvalue weighted by atomic mass is 16.4. The SMILES string of the molecule is CC(C)CCNC(=O)c1ccc(Cn2ccccc2=O)o1. The number of carbonyl (C=O) groups excluding carboxylic acids is 1. The summed E-state index contributed by atoms with van der Waals surface area (Å²) in [6, 6.07) is 8.31. The maximum atomic E-state index is 11.9. The predicted molar refractivity (Wildman–Crippen MR) is 80.3 cm³/mol. The van der Waals surface area contributed by atoms with Crippen LogP contribution in [0.3, 0.4) is 0 Å². The van der Waals surface area contributed by atoms with Crippen LogP contribution >= 0.6 is 0 Å². The molecule has 0 aliphatic rings. The van der Waals surface area contributed by atoms with E-state index in [0.717, 1.165) is 6.42 Å². The molecule has 0 atom stereocenters. The third kappa shape index (κ3) is 4.34. The van der Waals surface area contributed by atoms with Crippen LogP contribution in [-0.4, -0.2) is 17.0 Å². The Morgan fingerprint density at radius 3 is 2.81 bits per heavy atom. The molecular formula is C16H20N2O3. The highest BCUT2D eigenvalue weighted by molar-refractivity contribution is 5.91. The normalized spacial score (nSPS) is 10.8. The van der Waals surface area contributed by atoms with Gasteiger partial charge in [0.15, 0.2) is 5.76 Å². The maximum absolute atomic E-state index is 11.9. The van der Waals surface area contributed by atoms with Crippen LogP contribution < -0.4 is 10.9 Å². The van der Waals surface area contributed by atoms with Crippen LogP contribution in [0.1, 0.15) is 36.6 Å². The van der Waals surface area contributed by atoms with E-state index in [0.29, 0.717) is 24.8 Å². The summed E-state index contributed by atoms with van der Waals surface area (Å²) in [5.41, 5.74) is -0.100. The van der Waals surface area contributed by atoms with Gasteiger partial charge in [-0.15, -0.1) is 0 Å². The van der Waals surface area contributed by atoms with E-state index in [1.54, 1.807) is 30.5 Å². The minimum atomic E-state index is -0.220. The molecule has 2 rings (SSSR count). The number of nitrogens with zero attached hydrogens (tertiary/aromatic N) is 1. The van der Waals surface area contributed by atoms with E-state index in [2.05, 4.69) is 19.2 Å². The lowest BCUT2D eigenvalue weighted by atomic mass is 10.1. The first kappa shape index (κ1) is 15.1. The van der Waals surface area contributed by atoms with Gasteiger partial charge in [-0.2, -0.15) is 0 Å². The van der Waals surface area contributed by atoms with Crippen molar-refractivity contribution in [1.82, 2.24) is 9.88 Å². The van der Waals surface area contributed by atoms with E-state index >= 15 is 0 Å². The number of amides is 1. The average molecular weight is 288 g/mol. The lowest BCUT2D eigenvalue weighted by Gasteiger charge is -2.05. The minimum Gasteiger partial charge on any atom is -0.454 e. The zero-order valence-electron chi connectivity index (χ0n) is 12.3. The summed E-state index contributed by atoms with van der Waals surface area (Å²) in [5, 5.41) is 2.82. The van der Waals surface area contributed by atoms with Crippen molar-refractivity contribution >= 4 is 5.91 Å². The minimum absolute atomic E-state index is 0.100. The molecule has 21 heavy (non-hydrogen) atoms. The number of carbonyl (C=O) groups is 1. The molecule has 1 amide bonds. The number of furan rings is 1. The molecule has 0 aliphatic carbocycles. The Morgan fingerprint density at radius 1 is 1.29 bits per heavy atom. The Hall–Kier alpha value is -2.30. The molecule has 0 aliphatic heterocycles. The van der Waals surface area contributed by atoms with Crippen LogP contribution in [0, 0.1) is 5.92 Å². The van der Waals surface area contributed by atoms with Gasteiger partial charge in [0.1, 0.15) is 5.76 Å². The summed E-state index contributed by atoms with van der Waals surface area (Å²) in [5.74, 6) is 1.18. The molecule has 0 unspecified atom stereocenters. The van der Waals surface area contributed by atoms with E-state index in [1.165, 1.54) is 10.6 Å². The average Bonchev–Trinajstić information content (AvgIpc) is 2.89. The maximum Gasteiger partial charge on any atom is 0.286 e. The van der Waals surface area contributed by atoms with E-state index in [-0.39, 0.29) is 17.2 Å². The van der Waals surface area contributed by atoms with Gasteiger partial charge in [0.05, 0.1) is 6.54 Å². The van der Waals surface area contributed by atoms with Gasteiger partial charge < -0.3 is 14.3 Å². The van der Waals surface area contributed by atoms with Gasteiger partial charge in [0.25, 0.3) is 11.5 Å². The molecule has 5 heteroatoms. The predicted octanol–water partition coefficient (Wildman–Crippen LogP) is 2.27. The van der Waals surface area contributed by atoms with Gasteiger partial charge in [-0.3, -0.25) is 9.59 Å². The zero-order chi connectivity index (χ0) is 15.2. The number of rotatable bonds is 6. The largest absolute Gasteiger partial charge is 0.454 e. The second kappa shape index (κ2) is 6.92. The molecule has 0 saturated carbocycles. The van der Waals surface area contributed by atoms with Crippen molar-refractivity contribution in [2.24, 2.45) is 5.92 Å². The number of pyridine rings is 1. The molecule has 0 bridgehead atoms. The second-order valence-electron chi connectivity index (χ2n) is 5.37. The standard InChI is InChI=1S/C16H20N2O3/c1-12(2)8-9-17-16(20)14-7-6-13(21-14)11-18-10-4-3-5-15(18)19/h3-7,10,12H,8-9,11H2,1-2H3,(H,17,20). The van der Waals surface area contributed by atoms with Gasteiger partial charge in [0.2, 0.25) is 0 Å². The van der Waals surface area contributed by atoms with Crippen LogP contribution in [0.15, 0.2) is 45.7 Å². The molecule has 1 N–H and O–H groups in total. The lowest BCUT2D eigenvalue weighted by Crippen LogP contribution is -2.24. The first-order valence-corrected chi connectivity index (χ1v) is 7.08. The summed E-state index contributed by atoms with van der Waals surface area (Å²) in [6.07, 6.45) is 2.62. The van der Waals surface area contributed by atoms with E-state index in [1.807, 2.05) is 0 Å². The zero-order valence-corrected chi connectivity index (χ0v) is 12.3. The summed E-state index contributed by atoms with van der Waals surface area (Å²) in [7, 11) is 0. The molecule has 2 aromatic heterocycles. The highest BCUT2D eigenvalue weighted by Gasteiger charge is 2.11. The fourth-order valence-corrected chi connectivity index (χ4v) is 1.91. The van der Waals surface area contributed by atoms with Crippen molar-refractivity contribution in [2.45, 2.75) is 26.8 Å². The Morgan fingerprint density at radius 2 is 2.10 bits per heavy atom. The van der Waals surface area contributed by atoms with Crippen molar-refractivity contribution in [1.29, 1.82) is 0 Å². The smallest absolute Gasteiger partial charge is 0.286 e. The molecule has 0 radical (unpaired) electrons. The number of hydrogen-bond donors (Lipinski definition) is 1. The van der Waals surface area contributed by atoms with Crippen molar-refractivity contribution in [3.05, 3.63) is 58.4 Å². The monoisotopic (exact) mass is 288 g/mol. The molecule has 0 spiro atoms. The van der Waals surface area contributed by atoms with Crippen LogP contribution in [0.25, 0.3) is 0 Å².